The molecule has 1 aliphatic rings. The van der Waals surface area contributed by atoms with Crippen LogP contribution in [0.15, 0.2) is 17.5 Å². The molecule has 0 aromatic carbocycles. The SMILES string of the molecule is C1=CCCC1.O=NO. The Labute approximate surface area is 48.0 Å². The van der Waals surface area contributed by atoms with Gasteiger partial charge in [0.15, 0.2) is 5.34 Å². The Kier molecular flexibility index (Phi) is 5.48. The Balaban J connectivity index is 0.000000145. The van der Waals surface area contributed by atoms with Crippen LogP contribution in [0.2, 0.25) is 0 Å². The average molecular weight is 115 g/mol. The lowest BCUT2D eigenvalue weighted by molar-refractivity contribution is 0.312. The molecule has 1 N–H and O–H groups in total. The zero-order chi connectivity index (χ0) is 6.24. The molecule has 0 atom stereocenters. The maximum Gasteiger partial charge on any atom is 0.152 e. The van der Waals surface area contributed by atoms with E-state index in [1.807, 2.05) is 0 Å². The van der Waals surface area contributed by atoms with Gasteiger partial charge in [-0.25, -0.2) is 0 Å². The van der Waals surface area contributed by atoms with Crippen molar-refractivity contribution in [3.05, 3.63) is 17.1 Å². The summed E-state index contributed by atoms with van der Waals surface area (Å²) < 4.78 is 0. The quantitative estimate of drug-likeness (QED) is 0.297. The molecule has 0 saturated heterocycles. The van der Waals surface area contributed by atoms with Crippen molar-refractivity contribution < 1.29 is 5.21 Å². The summed E-state index contributed by atoms with van der Waals surface area (Å²) in [5.41, 5.74) is 0. The van der Waals surface area contributed by atoms with Crippen LogP contribution in [0, 0.1) is 4.91 Å². The minimum atomic E-state index is 1.25. The van der Waals surface area contributed by atoms with Gasteiger partial charge in [-0.15, -0.1) is 4.91 Å². The topological polar surface area (TPSA) is 49.7 Å². The first-order valence-electron chi connectivity index (χ1n) is 2.53. The molecule has 0 saturated carbocycles. The standard InChI is InChI=1S/C5H8.HNO2/c1-2-4-5-3-1;2-1-3/h1-2H,3-5H2;(H,2,3). The normalized spacial score (nSPS) is 14.5. The molecule has 0 unspecified atom stereocenters. The van der Waals surface area contributed by atoms with Crippen LogP contribution in [-0.4, -0.2) is 5.21 Å². The molecule has 0 fully saturated rings. The first kappa shape index (κ1) is 7.14. The summed E-state index contributed by atoms with van der Waals surface area (Å²) in [6, 6.07) is 0. The molecule has 0 aliphatic heterocycles. The maximum atomic E-state index is 8.11. The van der Waals surface area contributed by atoms with E-state index < -0.39 is 0 Å². The third-order valence-electron chi connectivity index (χ3n) is 0.908. The highest BCUT2D eigenvalue weighted by molar-refractivity contribution is 4.88. The second-order valence-electron chi connectivity index (χ2n) is 1.48. The highest BCUT2D eigenvalue weighted by atomic mass is 16.6. The van der Waals surface area contributed by atoms with Gasteiger partial charge < -0.3 is 5.21 Å². The van der Waals surface area contributed by atoms with Crippen LogP contribution in [0.4, 0.5) is 0 Å². The molecule has 3 heteroatoms. The predicted molar refractivity (Wildman–Crippen MR) is 30.6 cm³/mol. The van der Waals surface area contributed by atoms with Crippen molar-refractivity contribution >= 4 is 0 Å². The average Bonchev–Trinajstić information content (AvgIpc) is 2.17. The largest absolute Gasteiger partial charge is 0.379 e. The van der Waals surface area contributed by atoms with Crippen molar-refractivity contribution in [3.63, 3.8) is 0 Å². The molecule has 0 heterocycles. The molecule has 0 radical (unpaired) electrons. The first-order valence-corrected chi connectivity index (χ1v) is 2.53. The molecule has 0 amide bonds. The van der Waals surface area contributed by atoms with Gasteiger partial charge in [0, 0.05) is 0 Å². The van der Waals surface area contributed by atoms with E-state index in [4.69, 9.17) is 10.1 Å². The molecular weight excluding hydrogens is 106 g/mol. The van der Waals surface area contributed by atoms with Gasteiger partial charge in [0.25, 0.3) is 0 Å². The van der Waals surface area contributed by atoms with E-state index in [9.17, 15) is 0 Å². The first-order chi connectivity index (χ1) is 3.91. The molecule has 46 valence electrons. The van der Waals surface area contributed by atoms with Gasteiger partial charge in [-0.05, 0) is 19.3 Å². The third-order valence-corrected chi connectivity index (χ3v) is 0.908. The van der Waals surface area contributed by atoms with Crippen molar-refractivity contribution in [1.29, 1.82) is 0 Å². The van der Waals surface area contributed by atoms with E-state index in [1.165, 1.54) is 24.6 Å². The summed E-state index contributed by atoms with van der Waals surface area (Å²) in [7, 11) is 0. The molecule has 8 heavy (non-hydrogen) atoms. The van der Waals surface area contributed by atoms with Crippen molar-refractivity contribution in [2.24, 2.45) is 5.34 Å². The zero-order valence-corrected chi connectivity index (χ0v) is 4.58. The number of allylic oxidation sites excluding steroid dienone is 2. The van der Waals surface area contributed by atoms with Gasteiger partial charge in [-0.2, -0.15) is 0 Å². The Morgan fingerprint density at radius 1 is 1.38 bits per heavy atom. The smallest absolute Gasteiger partial charge is 0.152 e. The van der Waals surface area contributed by atoms with Gasteiger partial charge in [0.2, 0.25) is 0 Å². The van der Waals surface area contributed by atoms with E-state index in [-0.39, 0.29) is 0 Å². The van der Waals surface area contributed by atoms with Gasteiger partial charge in [0.1, 0.15) is 0 Å². The summed E-state index contributed by atoms with van der Waals surface area (Å²) >= 11 is 0. The molecule has 0 bridgehead atoms. The summed E-state index contributed by atoms with van der Waals surface area (Å²) in [5.74, 6) is 0. The molecule has 1 rings (SSSR count). The van der Waals surface area contributed by atoms with Gasteiger partial charge in [-0.3, -0.25) is 0 Å². The van der Waals surface area contributed by atoms with E-state index in [2.05, 4.69) is 12.2 Å². The lowest BCUT2D eigenvalue weighted by atomic mass is 10.4. The van der Waals surface area contributed by atoms with E-state index in [1.54, 1.807) is 0 Å². The number of hydrogen-bond acceptors (Lipinski definition) is 2. The van der Waals surface area contributed by atoms with Crippen LogP contribution in [0.25, 0.3) is 0 Å². The number of rotatable bonds is 0. The number of nitrogens with zero attached hydrogens (tertiary/aromatic N) is 1. The molecule has 1 aliphatic carbocycles. The van der Waals surface area contributed by atoms with Crippen molar-refractivity contribution in [2.45, 2.75) is 19.3 Å². The van der Waals surface area contributed by atoms with Crippen LogP contribution in [0.1, 0.15) is 19.3 Å². The Morgan fingerprint density at radius 3 is 1.88 bits per heavy atom. The lowest BCUT2D eigenvalue weighted by Crippen LogP contribution is -1.50. The van der Waals surface area contributed by atoms with Gasteiger partial charge in [-0.1, -0.05) is 12.2 Å². The van der Waals surface area contributed by atoms with Gasteiger partial charge >= 0.3 is 0 Å². The van der Waals surface area contributed by atoms with Crippen LogP contribution in [0.3, 0.4) is 0 Å². The third kappa shape index (κ3) is 5.14. The second-order valence-corrected chi connectivity index (χ2v) is 1.48. The van der Waals surface area contributed by atoms with Crippen LogP contribution in [-0.2, 0) is 0 Å². The second kappa shape index (κ2) is 6.14. The summed E-state index contributed by atoms with van der Waals surface area (Å²) in [5, 5.41) is 7.89. The van der Waals surface area contributed by atoms with Crippen molar-refractivity contribution in [3.8, 4) is 0 Å². The van der Waals surface area contributed by atoms with Gasteiger partial charge in [0.05, 0.1) is 0 Å². The molecule has 3 nitrogen and oxygen atoms in total. The fraction of sp³-hybridized carbons (Fsp3) is 0.600. The summed E-state index contributed by atoms with van der Waals surface area (Å²) in [6.45, 7) is 0. The summed E-state index contributed by atoms with van der Waals surface area (Å²) in [6.07, 6.45) is 8.50. The fourth-order valence-electron chi connectivity index (χ4n) is 0.589. The van der Waals surface area contributed by atoms with E-state index in [0.29, 0.717) is 0 Å². The molecule has 0 aromatic heterocycles. The Morgan fingerprint density at radius 2 is 1.75 bits per heavy atom. The molecule has 0 aromatic rings. The molecule has 0 spiro atoms. The maximum absolute atomic E-state index is 8.11. The molecular formula is C5H9NO2. The Hall–Kier alpha value is -0.860. The zero-order valence-electron chi connectivity index (χ0n) is 4.58. The monoisotopic (exact) mass is 115 g/mol. The summed E-state index contributed by atoms with van der Waals surface area (Å²) in [4.78, 5) is 8.11. The minimum absolute atomic E-state index is 1.25. The van der Waals surface area contributed by atoms with Crippen LogP contribution in [0.5, 0.6) is 0 Å². The van der Waals surface area contributed by atoms with Crippen LogP contribution >= 0.6 is 0 Å². The fourth-order valence-corrected chi connectivity index (χ4v) is 0.589. The number of hydrogen-bond donors (Lipinski definition) is 1. The van der Waals surface area contributed by atoms with Crippen molar-refractivity contribution in [2.75, 3.05) is 0 Å². The van der Waals surface area contributed by atoms with E-state index in [0.717, 1.165) is 0 Å². The van der Waals surface area contributed by atoms with Crippen LogP contribution < -0.4 is 0 Å². The Bertz CT molecular complexity index is 74.5. The lowest BCUT2D eigenvalue weighted by Gasteiger charge is -1.69. The highest BCUT2D eigenvalue weighted by Gasteiger charge is 1.84. The van der Waals surface area contributed by atoms with Crippen molar-refractivity contribution in [1.82, 2.24) is 0 Å². The highest BCUT2D eigenvalue weighted by Crippen LogP contribution is 2.05. The minimum Gasteiger partial charge on any atom is -0.379 e. The predicted octanol–water partition coefficient (Wildman–Crippen LogP) is 1.87. The van der Waals surface area contributed by atoms with E-state index >= 15 is 0 Å².